The van der Waals surface area contributed by atoms with E-state index in [1.165, 1.54) is 0 Å². The number of carbonyl (C=O) groups excluding carboxylic acids is 1. The van der Waals surface area contributed by atoms with E-state index in [-0.39, 0.29) is 11.5 Å². The summed E-state index contributed by atoms with van der Waals surface area (Å²) in [7, 11) is 0. The maximum Gasteiger partial charge on any atom is 0.297 e. The van der Waals surface area contributed by atoms with Crippen LogP contribution in [0.15, 0.2) is 34.0 Å². The van der Waals surface area contributed by atoms with E-state index in [1.807, 2.05) is 31.2 Å². The van der Waals surface area contributed by atoms with Crippen molar-refractivity contribution >= 4 is 28.8 Å². The molecule has 4 N–H and O–H groups in total. The van der Waals surface area contributed by atoms with Gasteiger partial charge in [0.1, 0.15) is 0 Å². The topological polar surface area (TPSA) is 122 Å². The number of fused-ring (bicyclic) bond motifs is 1. The molecule has 2 aromatic heterocycles. The van der Waals surface area contributed by atoms with E-state index >= 15 is 0 Å². The molecule has 0 atom stereocenters. The molecule has 8 heteroatoms. The molecule has 0 aliphatic rings. The van der Waals surface area contributed by atoms with Crippen LogP contribution in [0.1, 0.15) is 21.7 Å². The summed E-state index contributed by atoms with van der Waals surface area (Å²) < 4.78 is 4.35. The number of nitrogens with two attached hydrogens (primary N) is 1. The first-order chi connectivity index (χ1) is 10.2. The van der Waals surface area contributed by atoms with Crippen molar-refractivity contribution in [1.82, 2.24) is 20.7 Å². The van der Waals surface area contributed by atoms with Crippen molar-refractivity contribution in [2.24, 2.45) is 5.10 Å². The van der Waals surface area contributed by atoms with E-state index in [4.69, 9.17) is 5.73 Å². The van der Waals surface area contributed by atoms with Gasteiger partial charge in [0.25, 0.3) is 5.91 Å². The molecule has 8 nitrogen and oxygen atoms in total. The van der Waals surface area contributed by atoms with Gasteiger partial charge in [0.05, 0.1) is 6.21 Å². The molecule has 0 aliphatic heterocycles. The van der Waals surface area contributed by atoms with Crippen LogP contribution < -0.4 is 11.2 Å². The number of para-hydroxylation sites is 1. The van der Waals surface area contributed by atoms with Crippen molar-refractivity contribution in [3.05, 3.63) is 41.2 Å². The largest absolute Gasteiger partial charge is 0.379 e. The highest BCUT2D eigenvalue weighted by Gasteiger charge is 2.15. The molecule has 21 heavy (non-hydrogen) atoms. The molecule has 0 saturated heterocycles. The van der Waals surface area contributed by atoms with Gasteiger partial charge in [-0.05, 0) is 23.3 Å². The molecule has 0 aliphatic carbocycles. The lowest BCUT2D eigenvalue weighted by molar-refractivity contribution is 0.0946. The summed E-state index contributed by atoms with van der Waals surface area (Å²) in [4.78, 5) is 15.0. The predicted octanol–water partition coefficient (Wildman–Crippen LogP) is 1.21. The van der Waals surface area contributed by atoms with Gasteiger partial charge >= 0.3 is 0 Å². The molecule has 3 rings (SSSR count). The van der Waals surface area contributed by atoms with Crippen LogP contribution in [0, 0.1) is 6.92 Å². The lowest BCUT2D eigenvalue weighted by atomic mass is 10.1. The quantitative estimate of drug-likeness (QED) is 0.492. The monoisotopic (exact) mass is 284 g/mol. The summed E-state index contributed by atoms with van der Waals surface area (Å²) in [6, 6.07) is 7.83. The first-order valence-electron chi connectivity index (χ1n) is 6.15. The SMILES string of the molecule is Cc1[nH]c2ccccc2c1/C=N\NC(=O)c1nonc1N. The molecular weight excluding hydrogens is 272 g/mol. The Morgan fingerprint density at radius 3 is 3.00 bits per heavy atom. The van der Waals surface area contributed by atoms with E-state index < -0.39 is 5.91 Å². The molecule has 0 fully saturated rings. The number of hydrogen-bond donors (Lipinski definition) is 3. The number of nitrogens with zero attached hydrogens (tertiary/aromatic N) is 3. The third-order valence-electron chi connectivity index (χ3n) is 3.03. The summed E-state index contributed by atoms with van der Waals surface area (Å²) >= 11 is 0. The van der Waals surface area contributed by atoms with Gasteiger partial charge in [0.15, 0.2) is 0 Å². The standard InChI is InChI=1S/C13H12N6O2/c1-7-9(8-4-2-3-5-10(8)16-7)6-15-17-13(20)11-12(14)19-21-18-11/h2-6,16H,1H3,(H2,14,19)(H,17,20)/b15-6-. The van der Waals surface area contributed by atoms with Crippen molar-refractivity contribution in [3.8, 4) is 0 Å². The number of rotatable bonds is 3. The maximum atomic E-state index is 11.7. The van der Waals surface area contributed by atoms with Crippen LogP contribution in [0.4, 0.5) is 5.82 Å². The third-order valence-corrected chi connectivity index (χ3v) is 3.03. The third kappa shape index (κ3) is 2.34. The van der Waals surface area contributed by atoms with E-state index in [1.54, 1.807) is 6.21 Å². The molecule has 106 valence electrons. The number of hydrazone groups is 1. The number of aromatic nitrogens is 3. The Hall–Kier alpha value is -3.16. The smallest absolute Gasteiger partial charge is 0.297 e. The average Bonchev–Trinajstić information content (AvgIpc) is 3.03. The highest BCUT2D eigenvalue weighted by Crippen LogP contribution is 2.19. The lowest BCUT2D eigenvalue weighted by Gasteiger charge is -1.96. The van der Waals surface area contributed by atoms with Gasteiger partial charge in [-0.1, -0.05) is 18.2 Å². The number of amides is 1. The Balaban J connectivity index is 1.81. The van der Waals surface area contributed by atoms with Crippen molar-refractivity contribution in [3.63, 3.8) is 0 Å². The number of aromatic amines is 1. The van der Waals surface area contributed by atoms with Crippen molar-refractivity contribution in [2.75, 3.05) is 5.73 Å². The zero-order chi connectivity index (χ0) is 14.8. The molecular formula is C13H12N6O2. The summed E-state index contributed by atoms with van der Waals surface area (Å²) in [6.07, 6.45) is 1.57. The minimum absolute atomic E-state index is 0.0778. The number of carbonyl (C=O) groups is 1. The summed E-state index contributed by atoms with van der Waals surface area (Å²) in [5, 5.41) is 11.7. The second-order valence-corrected chi connectivity index (χ2v) is 4.41. The van der Waals surface area contributed by atoms with Gasteiger partial charge in [0.2, 0.25) is 11.5 Å². The van der Waals surface area contributed by atoms with Crippen LogP contribution in [0.3, 0.4) is 0 Å². The number of benzene rings is 1. The van der Waals surface area contributed by atoms with Crippen LogP contribution in [0.25, 0.3) is 10.9 Å². The van der Waals surface area contributed by atoms with Crippen LogP contribution in [-0.4, -0.2) is 27.4 Å². The van der Waals surface area contributed by atoms with Gasteiger partial charge in [-0.2, -0.15) is 5.10 Å². The van der Waals surface area contributed by atoms with Crippen LogP contribution in [0.2, 0.25) is 0 Å². The van der Waals surface area contributed by atoms with Crippen molar-refractivity contribution < 1.29 is 9.42 Å². The van der Waals surface area contributed by atoms with Crippen LogP contribution in [-0.2, 0) is 0 Å². The zero-order valence-corrected chi connectivity index (χ0v) is 11.1. The molecule has 1 aromatic carbocycles. The van der Waals surface area contributed by atoms with E-state index in [0.717, 1.165) is 22.2 Å². The first-order valence-corrected chi connectivity index (χ1v) is 6.15. The summed E-state index contributed by atoms with van der Waals surface area (Å²) in [5.41, 5.74) is 10.5. The second-order valence-electron chi connectivity index (χ2n) is 4.41. The second kappa shape index (κ2) is 5.08. The highest BCUT2D eigenvalue weighted by molar-refractivity contribution is 6.01. The average molecular weight is 284 g/mol. The van der Waals surface area contributed by atoms with Crippen molar-refractivity contribution in [2.45, 2.75) is 6.92 Å². The Kier molecular flexibility index (Phi) is 3.11. The fourth-order valence-corrected chi connectivity index (χ4v) is 2.03. The predicted molar refractivity (Wildman–Crippen MR) is 76.8 cm³/mol. The first kappa shape index (κ1) is 12.9. The van der Waals surface area contributed by atoms with Gasteiger partial charge in [-0.15, -0.1) is 0 Å². The molecule has 0 saturated carbocycles. The minimum atomic E-state index is -0.581. The van der Waals surface area contributed by atoms with E-state index in [2.05, 4.69) is 30.5 Å². The molecule has 0 unspecified atom stereocenters. The maximum absolute atomic E-state index is 11.7. The number of H-pyrrole nitrogens is 1. The fourth-order valence-electron chi connectivity index (χ4n) is 2.03. The van der Waals surface area contributed by atoms with Gasteiger partial charge in [0, 0.05) is 22.2 Å². The minimum Gasteiger partial charge on any atom is -0.379 e. The molecule has 0 radical (unpaired) electrons. The van der Waals surface area contributed by atoms with Crippen LogP contribution in [0.5, 0.6) is 0 Å². The number of anilines is 1. The Morgan fingerprint density at radius 2 is 2.24 bits per heavy atom. The van der Waals surface area contributed by atoms with Gasteiger partial charge in [-0.3, -0.25) is 4.79 Å². The van der Waals surface area contributed by atoms with E-state index in [0.29, 0.717) is 0 Å². The number of nitrogens with one attached hydrogen (secondary N) is 2. The molecule has 0 bridgehead atoms. The fraction of sp³-hybridized carbons (Fsp3) is 0.0769. The summed E-state index contributed by atoms with van der Waals surface area (Å²) in [5.74, 6) is -0.659. The number of aryl methyl sites for hydroxylation is 1. The van der Waals surface area contributed by atoms with Gasteiger partial charge in [-0.25, -0.2) is 10.1 Å². The summed E-state index contributed by atoms with van der Waals surface area (Å²) in [6.45, 7) is 1.93. The molecule has 0 spiro atoms. The lowest BCUT2D eigenvalue weighted by Crippen LogP contribution is -2.19. The normalized spacial score (nSPS) is 11.3. The van der Waals surface area contributed by atoms with Crippen molar-refractivity contribution in [1.29, 1.82) is 0 Å². The number of hydrogen-bond acceptors (Lipinski definition) is 6. The molecule has 3 aromatic rings. The number of nitrogen functional groups attached to an aromatic ring is 1. The van der Waals surface area contributed by atoms with Crippen LogP contribution >= 0.6 is 0 Å². The van der Waals surface area contributed by atoms with Gasteiger partial charge < -0.3 is 10.7 Å². The molecule has 1 amide bonds. The van der Waals surface area contributed by atoms with E-state index in [9.17, 15) is 4.79 Å². The Morgan fingerprint density at radius 1 is 1.43 bits per heavy atom. The molecule has 2 heterocycles. The Bertz CT molecular complexity index is 832. The zero-order valence-electron chi connectivity index (χ0n) is 11.1. The Labute approximate surface area is 119 Å². The highest BCUT2D eigenvalue weighted by atomic mass is 16.6.